The number of ether oxygens (including phenoxy) is 3. The van der Waals surface area contributed by atoms with E-state index in [0.717, 1.165) is 45.3 Å². The maximum atomic E-state index is 15.4. The molecule has 0 bridgehead atoms. The number of methoxy groups -OCH3 is 2. The van der Waals surface area contributed by atoms with Gasteiger partial charge in [0.15, 0.2) is 23.1 Å². The van der Waals surface area contributed by atoms with E-state index >= 15 is 4.39 Å². The van der Waals surface area contributed by atoms with Crippen molar-refractivity contribution < 1.29 is 23.4 Å². The summed E-state index contributed by atoms with van der Waals surface area (Å²) in [5.41, 5.74) is 0.875. The predicted octanol–water partition coefficient (Wildman–Crippen LogP) is 6.15. The Morgan fingerprint density at radius 3 is 2.41 bits per heavy atom. The molecule has 12 heteroatoms. The molecule has 2 aromatic heterocycles. The lowest BCUT2D eigenvalue weighted by Crippen LogP contribution is -2.45. The van der Waals surface area contributed by atoms with E-state index in [9.17, 15) is 9.59 Å². The van der Waals surface area contributed by atoms with Gasteiger partial charge in [-0.05, 0) is 68.6 Å². The first-order valence-corrected chi connectivity index (χ1v) is 17.2. The highest BCUT2D eigenvalue weighted by molar-refractivity contribution is 5.88. The van der Waals surface area contributed by atoms with E-state index < -0.39 is 5.82 Å². The van der Waals surface area contributed by atoms with Crippen LogP contribution in [0.5, 0.6) is 23.0 Å². The number of benzene rings is 2. The quantitative estimate of drug-likeness (QED) is 0.193. The Labute approximate surface area is 286 Å². The lowest BCUT2D eigenvalue weighted by atomic mass is 9.84. The zero-order valence-corrected chi connectivity index (χ0v) is 29.1. The molecule has 1 saturated heterocycles. The molecule has 2 aliphatic rings. The van der Waals surface area contributed by atoms with Gasteiger partial charge in [0.25, 0.3) is 5.56 Å². The smallest absolute Gasteiger partial charge is 0.262 e. The minimum atomic E-state index is -0.641. The summed E-state index contributed by atoms with van der Waals surface area (Å²) in [6.07, 6.45) is 9.02. The molecule has 2 atom stereocenters. The molecule has 1 saturated carbocycles. The molecule has 262 valence electrons. The van der Waals surface area contributed by atoms with Crippen LogP contribution in [-0.4, -0.2) is 71.8 Å². The minimum Gasteiger partial charge on any atom is -0.493 e. The standard InChI is InChI=1S/C35H41FN6O5.C2H6/c1-41-34(44)25(21-39-35(41)40-27-9-5-4-8-23(27)33(43)38-14-17-42-15-6-7-16-42)22-10-11-30(26(36)18-22)47-29-12-13-37-28-20-32(46-3)31(45-2)19-24(28)29;1-2/h10-13,18-21,23,27H,4-9,14-17H2,1-3H3,(H,38,43)(H,39,40);1-2H3/t23-,27+;/m0./s1. The molecule has 0 radical (unpaired) electrons. The Morgan fingerprint density at radius 1 is 0.939 bits per heavy atom. The van der Waals surface area contributed by atoms with Gasteiger partial charge in [0.05, 0.1) is 31.2 Å². The first-order chi connectivity index (χ1) is 23.9. The Morgan fingerprint density at radius 2 is 1.67 bits per heavy atom. The molecular formula is C37H47FN6O5. The Bertz CT molecular complexity index is 1810. The average Bonchev–Trinajstić information content (AvgIpc) is 3.65. The monoisotopic (exact) mass is 674 g/mol. The highest BCUT2D eigenvalue weighted by Gasteiger charge is 2.32. The zero-order valence-electron chi connectivity index (χ0n) is 29.1. The van der Waals surface area contributed by atoms with Crippen LogP contribution in [0.25, 0.3) is 22.0 Å². The SMILES string of the molecule is CC.COc1cc2nccc(Oc3ccc(-c4cnc(N[C@@H]5CCCC[C@@H]5C(=O)NCCN5CCCC5)n(C)c4=O)cc3F)c2cc1OC. The van der Waals surface area contributed by atoms with Crippen molar-refractivity contribution >= 4 is 22.8 Å². The maximum absolute atomic E-state index is 15.4. The van der Waals surface area contributed by atoms with Gasteiger partial charge < -0.3 is 29.7 Å². The van der Waals surface area contributed by atoms with Crippen molar-refractivity contribution in [2.75, 3.05) is 45.7 Å². The summed E-state index contributed by atoms with van der Waals surface area (Å²) in [6, 6.07) is 9.32. The fourth-order valence-corrected chi connectivity index (χ4v) is 6.54. The van der Waals surface area contributed by atoms with Gasteiger partial charge in [-0.1, -0.05) is 32.8 Å². The van der Waals surface area contributed by atoms with Crippen LogP contribution in [0.3, 0.4) is 0 Å². The molecule has 49 heavy (non-hydrogen) atoms. The molecule has 11 nitrogen and oxygen atoms in total. The number of rotatable bonds is 11. The Hall–Kier alpha value is -4.71. The van der Waals surface area contributed by atoms with E-state index in [1.54, 1.807) is 44.6 Å². The summed E-state index contributed by atoms with van der Waals surface area (Å²) in [4.78, 5) is 37.9. The van der Waals surface area contributed by atoms with Crippen molar-refractivity contribution in [2.45, 2.75) is 58.4 Å². The molecule has 4 aromatic rings. The van der Waals surface area contributed by atoms with E-state index in [2.05, 4.69) is 25.5 Å². The number of amides is 1. The summed E-state index contributed by atoms with van der Waals surface area (Å²) in [5.74, 6) is 0.947. The van der Waals surface area contributed by atoms with E-state index in [0.29, 0.717) is 46.2 Å². The topological polar surface area (TPSA) is 120 Å². The number of hydrogen-bond acceptors (Lipinski definition) is 9. The van der Waals surface area contributed by atoms with Gasteiger partial charge in [-0.3, -0.25) is 19.1 Å². The number of fused-ring (bicyclic) bond motifs is 1. The molecule has 6 rings (SSSR count). The van der Waals surface area contributed by atoms with Gasteiger partial charge in [0, 0.05) is 50.0 Å². The normalized spacial score (nSPS) is 17.6. The highest BCUT2D eigenvalue weighted by Crippen LogP contribution is 2.38. The van der Waals surface area contributed by atoms with Gasteiger partial charge in [0.2, 0.25) is 11.9 Å². The molecule has 2 N–H and O–H groups in total. The van der Waals surface area contributed by atoms with Crippen LogP contribution in [0.4, 0.5) is 10.3 Å². The number of carbonyl (C=O) groups excluding carboxylic acids is 1. The van der Waals surface area contributed by atoms with Crippen molar-refractivity contribution in [1.82, 2.24) is 24.8 Å². The fourth-order valence-electron chi connectivity index (χ4n) is 6.54. The first kappa shape index (κ1) is 35.6. The van der Waals surface area contributed by atoms with E-state index in [4.69, 9.17) is 14.2 Å². The summed E-state index contributed by atoms with van der Waals surface area (Å²) in [7, 11) is 4.70. The van der Waals surface area contributed by atoms with Crippen molar-refractivity contribution in [3.8, 4) is 34.1 Å². The fraction of sp³-hybridized carbons (Fsp3) is 0.459. The second-order valence-corrected chi connectivity index (χ2v) is 12.1. The lowest BCUT2D eigenvalue weighted by molar-refractivity contribution is -0.126. The molecule has 1 aliphatic carbocycles. The summed E-state index contributed by atoms with van der Waals surface area (Å²) in [5, 5.41) is 7.12. The van der Waals surface area contributed by atoms with Crippen molar-refractivity contribution in [1.29, 1.82) is 0 Å². The van der Waals surface area contributed by atoms with Crippen LogP contribution in [0.2, 0.25) is 0 Å². The van der Waals surface area contributed by atoms with Crippen molar-refractivity contribution in [2.24, 2.45) is 13.0 Å². The molecular weight excluding hydrogens is 627 g/mol. The molecule has 3 heterocycles. The predicted molar refractivity (Wildman–Crippen MR) is 189 cm³/mol. The largest absolute Gasteiger partial charge is 0.493 e. The number of pyridine rings is 1. The van der Waals surface area contributed by atoms with Crippen LogP contribution in [-0.2, 0) is 11.8 Å². The summed E-state index contributed by atoms with van der Waals surface area (Å²) in [6.45, 7) is 7.70. The van der Waals surface area contributed by atoms with Crippen LogP contribution in [0.1, 0.15) is 52.4 Å². The molecule has 0 unspecified atom stereocenters. The number of carbonyl (C=O) groups is 1. The molecule has 0 spiro atoms. The minimum absolute atomic E-state index is 0.0128. The Kier molecular flexibility index (Phi) is 12.1. The van der Waals surface area contributed by atoms with Gasteiger partial charge in [0.1, 0.15) is 5.75 Å². The summed E-state index contributed by atoms with van der Waals surface area (Å²) < 4.78 is 33.6. The number of halogens is 1. The van der Waals surface area contributed by atoms with Gasteiger partial charge in [-0.15, -0.1) is 0 Å². The van der Waals surface area contributed by atoms with E-state index in [1.807, 2.05) is 13.8 Å². The number of hydrogen-bond donors (Lipinski definition) is 2. The number of likely N-dealkylation sites (tertiary alicyclic amines) is 1. The number of nitrogens with zero attached hydrogens (tertiary/aromatic N) is 4. The third kappa shape index (κ3) is 8.13. The lowest BCUT2D eigenvalue weighted by Gasteiger charge is -2.32. The van der Waals surface area contributed by atoms with Crippen LogP contribution in [0, 0.1) is 11.7 Å². The van der Waals surface area contributed by atoms with E-state index in [-0.39, 0.29) is 34.7 Å². The molecule has 1 amide bonds. The van der Waals surface area contributed by atoms with Crippen molar-refractivity contribution in [3.05, 3.63) is 65.0 Å². The maximum Gasteiger partial charge on any atom is 0.262 e. The third-order valence-electron chi connectivity index (χ3n) is 9.18. The van der Waals surface area contributed by atoms with Gasteiger partial charge in [-0.25, -0.2) is 9.37 Å². The second kappa shape index (κ2) is 16.6. The Balaban J connectivity index is 0.00000230. The third-order valence-corrected chi connectivity index (χ3v) is 9.18. The highest BCUT2D eigenvalue weighted by atomic mass is 19.1. The van der Waals surface area contributed by atoms with Crippen molar-refractivity contribution in [3.63, 3.8) is 0 Å². The number of anilines is 1. The first-order valence-electron chi connectivity index (χ1n) is 17.2. The van der Waals surface area contributed by atoms with Gasteiger partial charge >= 0.3 is 0 Å². The van der Waals surface area contributed by atoms with Gasteiger partial charge in [-0.2, -0.15) is 0 Å². The number of nitrogens with one attached hydrogen (secondary N) is 2. The number of aromatic nitrogens is 3. The molecule has 1 aliphatic heterocycles. The second-order valence-electron chi connectivity index (χ2n) is 12.1. The van der Waals surface area contributed by atoms with Crippen LogP contribution < -0.4 is 30.4 Å². The van der Waals surface area contributed by atoms with Crippen LogP contribution >= 0.6 is 0 Å². The zero-order chi connectivity index (χ0) is 34.9. The summed E-state index contributed by atoms with van der Waals surface area (Å²) >= 11 is 0. The average molecular weight is 675 g/mol. The molecule has 2 aromatic carbocycles. The molecule has 2 fully saturated rings. The van der Waals surface area contributed by atoms with Crippen LogP contribution in [0.15, 0.2) is 53.6 Å². The van der Waals surface area contributed by atoms with E-state index in [1.165, 1.54) is 42.8 Å².